The Balaban J connectivity index is 2.10. The highest BCUT2D eigenvalue weighted by Gasteiger charge is 2.01. The van der Waals surface area contributed by atoms with Crippen LogP contribution in [0.3, 0.4) is 0 Å². The summed E-state index contributed by atoms with van der Waals surface area (Å²) in [5.41, 5.74) is 5.52. The fourth-order valence-corrected chi connectivity index (χ4v) is 1.52. The van der Waals surface area contributed by atoms with Gasteiger partial charge in [0.25, 0.3) is 0 Å². The van der Waals surface area contributed by atoms with Gasteiger partial charge in [0.1, 0.15) is 5.82 Å². The molecule has 92 valence electrons. The molecule has 1 aromatic heterocycles. The van der Waals surface area contributed by atoms with Crippen LogP contribution in [0.5, 0.6) is 0 Å². The molecule has 3 N–H and O–H groups in total. The zero-order valence-electron chi connectivity index (χ0n) is 10.1. The third-order valence-electron chi connectivity index (χ3n) is 2.52. The van der Waals surface area contributed by atoms with Crippen molar-refractivity contribution in [1.29, 1.82) is 0 Å². The normalized spacial score (nSPS) is 13.2. The molecule has 0 aliphatic rings. The third-order valence-corrected chi connectivity index (χ3v) is 2.52. The van der Waals surface area contributed by atoms with E-state index in [1.54, 1.807) is 6.07 Å². The van der Waals surface area contributed by atoms with Crippen molar-refractivity contribution in [2.24, 2.45) is 0 Å². The average molecular weight is 226 g/mol. The van der Waals surface area contributed by atoms with E-state index in [1.165, 1.54) is 0 Å². The molecule has 0 aliphatic carbocycles. The van der Waals surface area contributed by atoms with Gasteiger partial charge in [0, 0.05) is 19.3 Å². The number of aliphatic hydroxyl groups is 1. The molecule has 1 heterocycles. The number of aromatic nitrogens is 2. The van der Waals surface area contributed by atoms with Crippen LogP contribution in [0, 0.1) is 0 Å². The van der Waals surface area contributed by atoms with E-state index in [9.17, 15) is 0 Å². The molecule has 0 saturated carbocycles. The maximum Gasteiger partial charge on any atom is 0.145 e. The lowest BCUT2D eigenvalue weighted by atomic mass is 10.2. The van der Waals surface area contributed by atoms with Crippen LogP contribution in [-0.2, 0) is 6.54 Å². The summed E-state index contributed by atoms with van der Waals surface area (Å²) in [5, 5.41) is 13.3. The van der Waals surface area contributed by atoms with Crippen LogP contribution in [-0.4, -0.2) is 46.0 Å². The third kappa shape index (κ3) is 5.14. The monoisotopic (exact) mass is 226 g/mol. The molecule has 1 aromatic rings. The second-order valence-corrected chi connectivity index (χ2v) is 4.30. The number of nitrogens with two attached hydrogens (primary N) is 1. The Hall–Kier alpha value is -1.07. The number of nitrogens with zero attached hydrogens (tertiary/aromatic N) is 3. The molecule has 16 heavy (non-hydrogen) atoms. The smallest absolute Gasteiger partial charge is 0.145 e. The number of hydrogen-bond acceptors (Lipinski definition) is 4. The highest BCUT2D eigenvalue weighted by molar-refractivity contribution is 5.23. The van der Waals surface area contributed by atoms with Crippen LogP contribution >= 0.6 is 0 Å². The van der Waals surface area contributed by atoms with Gasteiger partial charge in [-0.3, -0.25) is 4.68 Å². The summed E-state index contributed by atoms with van der Waals surface area (Å²) in [7, 11) is 2.07. The predicted octanol–water partition coefficient (Wildman–Crippen LogP) is 0.558. The minimum Gasteiger partial charge on any atom is -0.393 e. The minimum absolute atomic E-state index is 0.214. The summed E-state index contributed by atoms with van der Waals surface area (Å²) < 4.78 is 1.86. The molecule has 1 atom stereocenters. The first kappa shape index (κ1) is 13.0. The number of aryl methyl sites for hydroxylation is 1. The summed E-state index contributed by atoms with van der Waals surface area (Å²) in [6.07, 6.45) is 3.54. The van der Waals surface area contributed by atoms with Gasteiger partial charge in [-0.15, -0.1) is 0 Å². The maximum atomic E-state index is 9.15. The van der Waals surface area contributed by atoms with E-state index in [4.69, 9.17) is 10.8 Å². The Morgan fingerprint density at radius 1 is 1.56 bits per heavy atom. The van der Waals surface area contributed by atoms with Crippen molar-refractivity contribution in [3.8, 4) is 0 Å². The van der Waals surface area contributed by atoms with Crippen molar-refractivity contribution < 1.29 is 5.11 Å². The van der Waals surface area contributed by atoms with Crippen LogP contribution in [0.25, 0.3) is 0 Å². The lowest BCUT2D eigenvalue weighted by molar-refractivity contribution is 0.163. The molecule has 0 aliphatic heterocycles. The van der Waals surface area contributed by atoms with Gasteiger partial charge in [0.05, 0.1) is 6.10 Å². The van der Waals surface area contributed by atoms with E-state index in [2.05, 4.69) is 17.0 Å². The SMILES string of the molecule is CC(O)CCN(C)CCCn1ccc(N)n1. The van der Waals surface area contributed by atoms with E-state index in [1.807, 2.05) is 17.8 Å². The van der Waals surface area contributed by atoms with Crippen molar-refractivity contribution in [1.82, 2.24) is 14.7 Å². The number of aliphatic hydroxyl groups excluding tert-OH is 1. The molecular weight excluding hydrogens is 204 g/mol. The summed E-state index contributed by atoms with van der Waals surface area (Å²) >= 11 is 0. The van der Waals surface area contributed by atoms with Crippen LogP contribution < -0.4 is 5.73 Å². The first-order valence-electron chi connectivity index (χ1n) is 5.73. The van der Waals surface area contributed by atoms with Gasteiger partial charge in [-0.2, -0.15) is 5.10 Å². The van der Waals surface area contributed by atoms with Gasteiger partial charge < -0.3 is 15.7 Å². The van der Waals surface area contributed by atoms with Crippen molar-refractivity contribution in [3.05, 3.63) is 12.3 Å². The van der Waals surface area contributed by atoms with Crippen molar-refractivity contribution >= 4 is 5.82 Å². The molecule has 0 aromatic carbocycles. The number of rotatable bonds is 7. The zero-order valence-corrected chi connectivity index (χ0v) is 10.1. The van der Waals surface area contributed by atoms with Gasteiger partial charge in [0.2, 0.25) is 0 Å². The predicted molar refractivity (Wildman–Crippen MR) is 65.1 cm³/mol. The van der Waals surface area contributed by atoms with E-state index in [-0.39, 0.29) is 6.10 Å². The van der Waals surface area contributed by atoms with E-state index in [0.717, 1.165) is 32.5 Å². The largest absolute Gasteiger partial charge is 0.393 e. The Morgan fingerprint density at radius 3 is 2.88 bits per heavy atom. The molecule has 0 saturated heterocycles. The topological polar surface area (TPSA) is 67.3 Å². The quantitative estimate of drug-likeness (QED) is 0.713. The number of anilines is 1. The molecule has 0 spiro atoms. The van der Waals surface area contributed by atoms with Crippen LogP contribution in [0.4, 0.5) is 5.82 Å². The van der Waals surface area contributed by atoms with Gasteiger partial charge >= 0.3 is 0 Å². The van der Waals surface area contributed by atoms with Gasteiger partial charge in [-0.05, 0) is 39.4 Å². The van der Waals surface area contributed by atoms with Gasteiger partial charge in [0.15, 0.2) is 0 Å². The summed E-state index contributed by atoms with van der Waals surface area (Å²) in [6, 6.07) is 1.80. The Bertz CT molecular complexity index is 298. The number of hydrogen-bond donors (Lipinski definition) is 2. The second kappa shape index (κ2) is 6.50. The Labute approximate surface area is 96.9 Å². The summed E-state index contributed by atoms with van der Waals surface area (Å²) in [4.78, 5) is 2.22. The molecule has 0 fully saturated rings. The standard InChI is InChI=1S/C11H22N4O/c1-10(16)4-8-14(2)6-3-7-15-9-5-11(12)13-15/h5,9-10,16H,3-4,6-8H2,1-2H3,(H2,12,13). The highest BCUT2D eigenvalue weighted by Crippen LogP contribution is 1.99. The van der Waals surface area contributed by atoms with Crippen molar-refractivity contribution in [3.63, 3.8) is 0 Å². The fourth-order valence-electron chi connectivity index (χ4n) is 1.52. The molecule has 0 bridgehead atoms. The minimum atomic E-state index is -0.214. The summed E-state index contributed by atoms with van der Waals surface area (Å²) in [6.45, 7) is 4.64. The van der Waals surface area contributed by atoms with Crippen molar-refractivity contribution in [2.45, 2.75) is 32.4 Å². The molecule has 0 radical (unpaired) electrons. The Kier molecular flexibility index (Phi) is 5.28. The van der Waals surface area contributed by atoms with Gasteiger partial charge in [-0.1, -0.05) is 0 Å². The van der Waals surface area contributed by atoms with Crippen LogP contribution in [0.1, 0.15) is 19.8 Å². The second-order valence-electron chi connectivity index (χ2n) is 4.30. The lowest BCUT2D eigenvalue weighted by Gasteiger charge is -2.17. The first-order valence-corrected chi connectivity index (χ1v) is 5.73. The molecule has 1 unspecified atom stereocenters. The highest BCUT2D eigenvalue weighted by atomic mass is 16.3. The van der Waals surface area contributed by atoms with E-state index >= 15 is 0 Å². The van der Waals surface area contributed by atoms with Gasteiger partial charge in [-0.25, -0.2) is 0 Å². The number of nitrogen functional groups attached to an aromatic ring is 1. The fraction of sp³-hybridized carbons (Fsp3) is 0.727. The van der Waals surface area contributed by atoms with Crippen molar-refractivity contribution in [2.75, 3.05) is 25.9 Å². The summed E-state index contributed by atoms with van der Waals surface area (Å²) in [5.74, 6) is 0.572. The lowest BCUT2D eigenvalue weighted by Crippen LogP contribution is -2.24. The molecule has 0 amide bonds. The van der Waals surface area contributed by atoms with E-state index < -0.39 is 0 Å². The maximum absolute atomic E-state index is 9.15. The van der Waals surface area contributed by atoms with Crippen LogP contribution in [0.15, 0.2) is 12.3 Å². The molecule has 1 rings (SSSR count). The zero-order chi connectivity index (χ0) is 12.0. The molecule has 5 nitrogen and oxygen atoms in total. The average Bonchev–Trinajstić information content (AvgIpc) is 2.61. The first-order chi connectivity index (χ1) is 7.58. The van der Waals surface area contributed by atoms with E-state index in [0.29, 0.717) is 5.82 Å². The molecular formula is C11H22N4O. The Morgan fingerprint density at radius 2 is 2.31 bits per heavy atom. The molecule has 5 heteroatoms. The van der Waals surface area contributed by atoms with Crippen LogP contribution in [0.2, 0.25) is 0 Å².